The van der Waals surface area contributed by atoms with Crippen LogP contribution in [-0.2, 0) is 0 Å². The van der Waals surface area contributed by atoms with Crippen LogP contribution in [0.15, 0.2) is 29.0 Å². The molecule has 0 saturated carbocycles. The van der Waals surface area contributed by atoms with Gasteiger partial charge in [0, 0.05) is 24.3 Å². The second kappa shape index (κ2) is 4.29. The number of nitrogens with two attached hydrogens (primary N) is 1. The molecule has 0 spiro atoms. The summed E-state index contributed by atoms with van der Waals surface area (Å²) in [6.07, 6.45) is 1.41. The van der Waals surface area contributed by atoms with Crippen LogP contribution in [0.25, 0.3) is 11.1 Å². The average Bonchev–Trinajstić information content (AvgIpc) is 2.72. The summed E-state index contributed by atoms with van der Waals surface area (Å²) in [7, 11) is 0. The van der Waals surface area contributed by atoms with Crippen LogP contribution in [0.3, 0.4) is 0 Å². The van der Waals surface area contributed by atoms with Gasteiger partial charge in [0.05, 0.1) is 6.61 Å². The summed E-state index contributed by atoms with van der Waals surface area (Å²) in [6.45, 7) is 0.494. The lowest BCUT2D eigenvalue weighted by atomic mass is 10.2. The maximum atomic E-state index is 8.76. The first-order valence-corrected chi connectivity index (χ1v) is 4.73. The third kappa shape index (κ3) is 2.26. The largest absolute Gasteiger partial charge is 0.443 e. The van der Waals surface area contributed by atoms with Gasteiger partial charge in [0.25, 0.3) is 0 Å². The summed E-state index contributed by atoms with van der Waals surface area (Å²) in [6, 6.07) is 5.36. The van der Waals surface area contributed by atoms with Gasteiger partial charge in [-0.1, -0.05) is 0 Å². The Morgan fingerprint density at radius 1 is 1.53 bits per heavy atom. The Morgan fingerprint density at radius 3 is 3.20 bits per heavy atom. The van der Waals surface area contributed by atoms with Crippen LogP contribution in [0.4, 0.5) is 5.69 Å². The number of hydrogen-bond donors (Lipinski definition) is 3. The third-order valence-corrected chi connectivity index (χ3v) is 2.13. The number of aromatic nitrogens is 1. The van der Waals surface area contributed by atoms with E-state index >= 15 is 0 Å². The zero-order valence-electron chi connectivity index (χ0n) is 8.18. The lowest BCUT2D eigenvalue weighted by molar-refractivity contribution is 0.270. The van der Waals surface area contributed by atoms with Gasteiger partial charge >= 0.3 is 0 Å². The van der Waals surface area contributed by atoms with Crippen molar-refractivity contribution in [2.24, 2.45) is 5.73 Å². The zero-order valence-corrected chi connectivity index (χ0v) is 8.18. The quantitative estimate of drug-likeness (QED) is 0.682. The topological polar surface area (TPSA) is 84.3 Å². The minimum atomic E-state index is -0.254. The minimum Gasteiger partial charge on any atom is -0.443 e. The van der Waals surface area contributed by atoms with Gasteiger partial charge in [-0.05, 0) is 12.1 Å². The van der Waals surface area contributed by atoms with E-state index in [1.54, 1.807) is 0 Å². The Kier molecular flexibility index (Phi) is 2.84. The average molecular weight is 207 g/mol. The van der Waals surface area contributed by atoms with E-state index in [4.69, 9.17) is 15.3 Å². The van der Waals surface area contributed by atoms with Crippen molar-refractivity contribution in [3.8, 4) is 0 Å². The summed E-state index contributed by atoms with van der Waals surface area (Å²) >= 11 is 0. The summed E-state index contributed by atoms with van der Waals surface area (Å²) in [5.41, 5.74) is 8.03. The highest BCUT2D eigenvalue weighted by Gasteiger charge is 2.02. The molecule has 1 aromatic heterocycles. The van der Waals surface area contributed by atoms with Gasteiger partial charge in [-0.15, -0.1) is 0 Å². The Hall–Kier alpha value is -1.59. The minimum absolute atomic E-state index is 0.0302. The number of nitrogens with one attached hydrogen (secondary N) is 1. The van der Waals surface area contributed by atoms with Gasteiger partial charge in [0.2, 0.25) is 0 Å². The molecular weight excluding hydrogens is 194 g/mol. The van der Waals surface area contributed by atoms with Crippen molar-refractivity contribution in [3.63, 3.8) is 0 Å². The molecule has 0 aliphatic rings. The predicted molar refractivity (Wildman–Crippen MR) is 57.6 cm³/mol. The van der Waals surface area contributed by atoms with Crippen LogP contribution in [0, 0.1) is 0 Å². The number of aliphatic hydroxyl groups is 1. The molecular formula is C10H13N3O2. The molecule has 1 heterocycles. The van der Waals surface area contributed by atoms with Crippen LogP contribution in [0.2, 0.25) is 0 Å². The number of oxazole rings is 1. The second-order valence-electron chi connectivity index (χ2n) is 3.36. The fourth-order valence-corrected chi connectivity index (χ4v) is 1.28. The highest BCUT2D eigenvalue weighted by atomic mass is 16.3. The predicted octanol–water partition coefficient (Wildman–Crippen LogP) is 0.559. The highest BCUT2D eigenvalue weighted by Crippen LogP contribution is 2.17. The molecule has 2 rings (SSSR count). The molecule has 0 saturated heterocycles. The molecule has 0 fully saturated rings. The van der Waals surface area contributed by atoms with E-state index in [1.165, 1.54) is 6.39 Å². The molecule has 0 aliphatic heterocycles. The van der Waals surface area contributed by atoms with Gasteiger partial charge in [-0.2, -0.15) is 0 Å². The molecule has 1 aromatic carbocycles. The molecule has 1 atom stereocenters. The van der Waals surface area contributed by atoms with Gasteiger partial charge in [0.1, 0.15) is 5.52 Å². The maximum Gasteiger partial charge on any atom is 0.181 e. The summed E-state index contributed by atoms with van der Waals surface area (Å²) in [4.78, 5) is 4.01. The smallest absolute Gasteiger partial charge is 0.181 e. The first kappa shape index (κ1) is 9.95. The maximum absolute atomic E-state index is 8.76. The number of hydrogen-bond acceptors (Lipinski definition) is 5. The van der Waals surface area contributed by atoms with E-state index in [2.05, 4.69) is 10.3 Å². The molecule has 0 aliphatic carbocycles. The Balaban J connectivity index is 2.08. The third-order valence-electron chi connectivity index (χ3n) is 2.13. The van der Waals surface area contributed by atoms with Crippen LogP contribution in [0.5, 0.6) is 0 Å². The molecule has 0 bridgehead atoms. The fraction of sp³-hybridized carbons (Fsp3) is 0.300. The van der Waals surface area contributed by atoms with Crippen LogP contribution in [-0.4, -0.2) is 29.3 Å². The van der Waals surface area contributed by atoms with E-state index in [-0.39, 0.29) is 12.6 Å². The zero-order chi connectivity index (χ0) is 10.7. The number of fused-ring (bicyclic) bond motifs is 1. The summed E-state index contributed by atoms with van der Waals surface area (Å²) in [5.74, 6) is 0. The summed E-state index contributed by atoms with van der Waals surface area (Å²) < 4.78 is 5.16. The van der Waals surface area contributed by atoms with Gasteiger partial charge in [-0.25, -0.2) is 4.98 Å². The van der Waals surface area contributed by atoms with Crippen molar-refractivity contribution in [1.29, 1.82) is 0 Å². The van der Waals surface area contributed by atoms with Gasteiger partial charge in [-0.3, -0.25) is 0 Å². The van der Waals surface area contributed by atoms with Crippen molar-refractivity contribution in [2.75, 3.05) is 18.5 Å². The van der Waals surface area contributed by atoms with Crippen molar-refractivity contribution in [1.82, 2.24) is 4.98 Å². The highest BCUT2D eigenvalue weighted by molar-refractivity contribution is 5.76. The SMILES string of the molecule is NC(CO)CNc1ccc2ncoc2c1. The first-order valence-electron chi connectivity index (χ1n) is 4.73. The van der Waals surface area contributed by atoms with E-state index in [0.29, 0.717) is 6.54 Å². The lowest BCUT2D eigenvalue weighted by Crippen LogP contribution is -2.32. The van der Waals surface area contributed by atoms with Crippen LogP contribution < -0.4 is 11.1 Å². The Morgan fingerprint density at radius 2 is 2.40 bits per heavy atom. The molecule has 0 amide bonds. The van der Waals surface area contributed by atoms with E-state index in [9.17, 15) is 0 Å². The molecule has 5 heteroatoms. The number of benzene rings is 1. The number of nitrogens with zero attached hydrogens (tertiary/aromatic N) is 1. The normalized spacial score (nSPS) is 12.9. The van der Waals surface area contributed by atoms with Crippen LogP contribution in [0.1, 0.15) is 0 Å². The van der Waals surface area contributed by atoms with Crippen molar-refractivity contribution in [2.45, 2.75) is 6.04 Å². The standard InChI is InChI=1S/C10H13N3O2/c11-7(5-14)4-12-8-1-2-9-10(3-8)15-6-13-9/h1-3,6-7,12,14H,4-5,11H2. The first-order chi connectivity index (χ1) is 7.29. The van der Waals surface area contributed by atoms with Gasteiger partial charge < -0.3 is 20.6 Å². The number of anilines is 1. The number of aliphatic hydroxyl groups excluding tert-OH is 1. The van der Waals surface area contributed by atoms with Crippen molar-refractivity contribution < 1.29 is 9.52 Å². The van der Waals surface area contributed by atoms with E-state index < -0.39 is 0 Å². The van der Waals surface area contributed by atoms with Crippen molar-refractivity contribution >= 4 is 16.8 Å². The molecule has 1 unspecified atom stereocenters. The van der Waals surface area contributed by atoms with Crippen LogP contribution >= 0.6 is 0 Å². The molecule has 5 nitrogen and oxygen atoms in total. The lowest BCUT2D eigenvalue weighted by Gasteiger charge is -2.10. The number of rotatable bonds is 4. The monoisotopic (exact) mass is 207 g/mol. The second-order valence-corrected chi connectivity index (χ2v) is 3.36. The van der Waals surface area contributed by atoms with Gasteiger partial charge in [0.15, 0.2) is 12.0 Å². The Labute approximate surface area is 86.9 Å². The molecule has 15 heavy (non-hydrogen) atoms. The van der Waals surface area contributed by atoms with Crippen molar-refractivity contribution in [3.05, 3.63) is 24.6 Å². The fourth-order valence-electron chi connectivity index (χ4n) is 1.28. The molecule has 0 radical (unpaired) electrons. The summed E-state index contributed by atoms with van der Waals surface area (Å²) in [5, 5.41) is 11.9. The van der Waals surface area contributed by atoms with E-state index in [0.717, 1.165) is 16.8 Å². The Bertz CT molecular complexity index is 441. The molecule has 2 aromatic rings. The molecule has 80 valence electrons. The van der Waals surface area contributed by atoms with E-state index in [1.807, 2.05) is 18.2 Å². The molecule has 4 N–H and O–H groups in total.